The van der Waals surface area contributed by atoms with Gasteiger partial charge in [0.25, 0.3) is 11.6 Å². The lowest BCUT2D eigenvalue weighted by Gasteiger charge is -2.18. The minimum absolute atomic E-state index is 0.0442. The third kappa shape index (κ3) is 6.01. The second kappa shape index (κ2) is 9.64. The minimum atomic E-state index is -1.19. The number of likely N-dealkylation sites (N-methyl/N-ethyl adjacent to an activating group) is 1. The van der Waals surface area contributed by atoms with Gasteiger partial charge in [0, 0.05) is 7.05 Å². The Morgan fingerprint density at radius 3 is 2.62 bits per heavy atom. The van der Waals surface area contributed by atoms with Gasteiger partial charge < -0.3 is 19.7 Å². The number of rotatable bonds is 8. The van der Waals surface area contributed by atoms with Crippen molar-refractivity contribution < 1.29 is 24.0 Å². The zero-order valence-corrected chi connectivity index (χ0v) is 16.5. The highest BCUT2D eigenvalue weighted by molar-refractivity contribution is 6.29. The summed E-state index contributed by atoms with van der Waals surface area (Å²) in [7, 11) is 2.95. The number of aromatic nitrogens is 2. The van der Waals surface area contributed by atoms with Crippen molar-refractivity contribution in [3.8, 4) is 5.75 Å². The highest BCUT2D eigenvalue weighted by Crippen LogP contribution is 2.29. The number of nitro groups is 1. The fourth-order valence-electron chi connectivity index (χ4n) is 2.20. The Labute approximate surface area is 170 Å². The van der Waals surface area contributed by atoms with Crippen LogP contribution in [0, 0.1) is 10.1 Å². The summed E-state index contributed by atoms with van der Waals surface area (Å²) in [6, 6.07) is 7.05. The van der Waals surface area contributed by atoms with Crippen LogP contribution in [-0.4, -0.2) is 53.8 Å². The predicted octanol–water partition coefficient (Wildman–Crippen LogP) is 2.05. The van der Waals surface area contributed by atoms with Gasteiger partial charge in [0.2, 0.25) is 0 Å². The number of anilines is 2. The number of amides is 1. The van der Waals surface area contributed by atoms with E-state index in [0.717, 1.165) is 0 Å². The molecule has 0 aliphatic carbocycles. The second-order valence-corrected chi connectivity index (χ2v) is 6.22. The quantitative estimate of drug-likeness (QED) is 0.384. The smallest absolute Gasteiger partial charge is 0.326 e. The average Bonchev–Trinajstić information content (AvgIpc) is 2.68. The third-order valence-corrected chi connectivity index (χ3v) is 3.91. The molecular formula is C17H18ClN5O6. The molecule has 1 aromatic carbocycles. The molecule has 29 heavy (non-hydrogen) atoms. The molecule has 0 saturated carbocycles. The Morgan fingerprint density at radius 1 is 1.31 bits per heavy atom. The number of hydrogen-bond acceptors (Lipinski definition) is 9. The summed E-state index contributed by atoms with van der Waals surface area (Å²) in [6.07, 6.45) is -1.19. The van der Waals surface area contributed by atoms with Crippen molar-refractivity contribution in [3.63, 3.8) is 0 Å². The Hall–Kier alpha value is -3.47. The van der Waals surface area contributed by atoms with E-state index in [4.69, 9.17) is 21.1 Å². The largest absolute Gasteiger partial charge is 0.496 e. The lowest BCUT2D eigenvalue weighted by Crippen LogP contribution is -2.35. The fraction of sp³-hybridized carbons (Fsp3) is 0.294. The van der Waals surface area contributed by atoms with Gasteiger partial charge >= 0.3 is 5.97 Å². The lowest BCUT2D eigenvalue weighted by atomic mass is 10.2. The summed E-state index contributed by atoms with van der Waals surface area (Å²) in [5.74, 6) is -0.767. The van der Waals surface area contributed by atoms with Gasteiger partial charge in [0.05, 0.1) is 18.1 Å². The molecule has 1 unspecified atom stereocenters. The third-order valence-electron chi connectivity index (χ3n) is 3.71. The van der Waals surface area contributed by atoms with Crippen LogP contribution >= 0.6 is 11.6 Å². The first-order valence-corrected chi connectivity index (χ1v) is 8.62. The van der Waals surface area contributed by atoms with E-state index in [9.17, 15) is 19.7 Å². The van der Waals surface area contributed by atoms with Crippen LogP contribution in [0.4, 0.5) is 17.2 Å². The van der Waals surface area contributed by atoms with Gasteiger partial charge in [0.15, 0.2) is 17.1 Å². The van der Waals surface area contributed by atoms with E-state index in [1.54, 1.807) is 13.1 Å². The highest BCUT2D eigenvalue weighted by atomic mass is 35.5. The van der Waals surface area contributed by atoms with E-state index >= 15 is 0 Å². The van der Waals surface area contributed by atoms with Gasteiger partial charge in [0.1, 0.15) is 18.0 Å². The van der Waals surface area contributed by atoms with Gasteiger partial charge in [-0.25, -0.2) is 0 Å². The zero-order valence-electron chi connectivity index (χ0n) is 15.8. The van der Waals surface area contributed by atoms with Crippen LogP contribution < -0.4 is 15.0 Å². The molecule has 2 aromatic rings. The monoisotopic (exact) mass is 423 g/mol. The molecule has 0 saturated heterocycles. The van der Waals surface area contributed by atoms with Gasteiger partial charge in [-0.15, -0.1) is 10.2 Å². The van der Waals surface area contributed by atoms with E-state index in [-0.39, 0.29) is 28.8 Å². The fourth-order valence-corrected chi connectivity index (χ4v) is 2.31. The van der Waals surface area contributed by atoms with E-state index in [0.29, 0.717) is 5.82 Å². The summed E-state index contributed by atoms with van der Waals surface area (Å²) in [6.45, 7) is 1.15. The molecule has 11 nitrogen and oxygen atoms in total. The number of nitrogens with one attached hydrogen (secondary N) is 1. The zero-order chi connectivity index (χ0) is 21.6. The number of benzene rings is 1. The van der Waals surface area contributed by atoms with Crippen LogP contribution in [0.5, 0.6) is 5.75 Å². The number of ether oxygens (including phenoxy) is 2. The van der Waals surface area contributed by atoms with Crippen molar-refractivity contribution in [2.75, 3.05) is 30.9 Å². The maximum atomic E-state index is 12.3. The van der Waals surface area contributed by atoms with Crippen LogP contribution in [0.1, 0.15) is 6.92 Å². The van der Waals surface area contributed by atoms with Gasteiger partial charge in [-0.1, -0.05) is 11.6 Å². The molecule has 0 aliphatic rings. The van der Waals surface area contributed by atoms with Crippen molar-refractivity contribution in [2.24, 2.45) is 0 Å². The molecule has 154 valence electrons. The Bertz CT molecular complexity index is 908. The second-order valence-electron chi connectivity index (χ2n) is 5.83. The number of carbonyl (C=O) groups is 2. The summed E-state index contributed by atoms with van der Waals surface area (Å²) in [4.78, 5) is 36.3. The number of esters is 1. The summed E-state index contributed by atoms with van der Waals surface area (Å²) < 4.78 is 10.0. The van der Waals surface area contributed by atoms with Crippen LogP contribution in [-0.2, 0) is 14.3 Å². The van der Waals surface area contributed by atoms with E-state index in [1.165, 1.54) is 43.2 Å². The molecule has 12 heteroatoms. The summed E-state index contributed by atoms with van der Waals surface area (Å²) >= 11 is 5.66. The molecule has 2 rings (SSSR count). The average molecular weight is 424 g/mol. The number of carbonyl (C=O) groups excluding carboxylic acids is 2. The minimum Gasteiger partial charge on any atom is -0.496 e. The Morgan fingerprint density at radius 2 is 2.03 bits per heavy atom. The summed E-state index contributed by atoms with van der Waals surface area (Å²) in [5, 5.41) is 21.3. The van der Waals surface area contributed by atoms with Gasteiger partial charge in [-0.05, 0) is 31.2 Å². The molecule has 1 heterocycles. The lowest BCUT2D eigenvalue weighted by molar-refractivity contribution is -0.384. The number of hydrogen-bond donors (Lipinski definition) is 1. The van der Waals surface area contributed by atoms with Crippen molar-refractivity contribution in [1.29, 1.82) is 0 Å². The standard InChI is InChI=1S/C17H18ClN5O6/c1-10(29-16(24)9-22(2)15-7-6-14(18)20-21-15)17(25)19-12-5-4-11(28-3)8-13(12)23(26)27/h4-8,10H,9H2,1-3H3,(H,19,25). The van der Waals surface area contributed by atoms with Crippen molar-refractivity contribution >= 4 is 40.7 Å². The molecule has 0 aliphatic heterocycles. The first-order chi connectivity index (χ1) is 13.7. The van der Waals surface area contributed by atoms with E-state index < -0.39 is 22.9 Å². The molecule has 0 fully saturated rings. The van der Waals surface area contributed by atoms with Crippen molar-refractivity contribution in [2.45, 2.75) is 13.0 Å². The van der Waals surface area contributed by atoms with Crippen LogP contribution in [0.2, 0.25) is 5.15 Å². The highest BCUT2D eigenvalue weighted by Gasteiger charge is 2.23. The molecule has 1 N–H and O–H groups in total. The topological polar surface area (TPSA) is 137 Å². The normalized spacial score (nSPS) is 11.3. The number of methoxy groups -OCH3 is 1. The van der Waals surface area contributed by atoms with E-state index in [1.807, 2.05) is 0 Å². The Balaban J connectivity index is 1.97. The molecular weight excluding hydrogens is 406 g/mol. The molecule has 0 radical (unpaired) electrons. The molecule has 0 spiro atoms. The number of nitrogens with zero attached hydrogens (tertiary/aromatic N) is 4. The maximum Gasteiger partial charge on any atom is 0.326 e. The SMILES string of the molecule is COc1ccc(NC(=O)C(C)OC(=O)CN(C)c2ccc(Cl)nn2)c([N+](=O)[O-])c1. The molecule has 1 amide bonds. The first kappa shape index (κ1) is 21.8. The van der Waals surface area contributed by atoms with Gasteiger partial charge in [-0.2, -0.15) is 0 Å². The van der Waals surface area contributed by atoms with Crippen LogP contribution in [0.15, 0.2) is 30.3 Å². The molecule has 0 bridgehead atoms. The molecule has 1 aromatic heterocycles. The van der Waals surface area contributed by atoms with E-state index in [2.05, 4.69) is 15.5 Å². The predicted molar refractivity (Wildman–Crippen MR) is 104 cm³/mol. The van der Waals surface area contributed by atoms with Crippen molar-refractivity contribution in [1.82, 2.24) is 10.2 Å². The summed E-state index contributed by atoms with van der Waals surface area (Å²) in [5.41, 5.74) is -0.394. The van der Waals surface area contributed by atoms with Crippen LogP contribution in [0.3, 0.4) is 0 Å². The van der Waals surface area contributed by atoms with Crippen LogP contribution in [0.25, 0.3) is 0 Å². The van der Waals surface area contributed by atoms with Gasteiger partial charge in [-0.3, -0.25) is 19.7 Å². The first-order valence-electron chi connectivity index (χ1n) is 8.24. The number of halogens is 1. The Kier molecular flexibility index (Phi) is 7.26. The van der Waals surface area contributed by atoms with Crippen molar-refractivity contribution in [3.05, 3.63) is 45.6 Å². The maximum absolute atomic E-state index is 12.3. The number of nitro benzene ring substituents is 1. The molecule has 1 atom stereocenters.